The minimum atomic E-state index is -0.0815. The van der Waals surface area contributed by atoms with Crippen LogP contribution in [-0.4, -0.2) is 16.4 Å². The van der Waals surface area contributed by atoms with E-state index in [0.717, 1.165) is 23.0 Å². The van der Waals surface area contributed by atoms with Crippen LogP contribution in [-0.2, 0) is 12.0 Å². The summed E-state index contributed by atoms with van der Waals surface area (Å²) in [7, 11) is 0. The molecule has 2 heterocycles. The highest BCUT2D eigenvalue weighted by molar-refractivity contribution is 5.84. The first kappa shape index (κ1) is 16.1. The molecule has 0 unspecified atom stereocenters. The van der Waals surface area contributed by atoms with Crippen LogP contribution < -0.4 is 5.32 Å². The monoisotopic (exact) mass is 321 g/mol. The normalized spacial score (nSPS) is 14.5. The van der Waals surface area contributed by atoms with Gasteiger partial charge < -0.3 is 15.4 Å². The lowest BCUT2D eigenvalue weighted by Gasteiger charge is -2.26. The number of rotatable bonds is 1. The van der Waals surface area contributed by atoms with E-state index in [1.54, 1.807) is 18.5 Å². The first-order chi connectivity index (χ1) is 11.5. The Bertz CT molecular complexity index is 877. The maximum Gasteiger partial charge on any atom is 0.116 e. The molecule has 0 bridgehead atoms. The summed E-state index contributed by atoms with van der Waals surface area (Å²) >= 11 is 0. The van der Waals surface area contributed by atoms with Gasteiger partial charge in [-0.15, -0.1) is 0 Å². The highest BCUT2D eigenvalue weighted by atomic mass is 16.3. The van der Waals surface area contributed by atoms with E-state index in [1.807, 2.05) is 24.4 Å². The lowest BCUT2D eigenvalue weighted by atomic mass is 9.92. The van der Waals surface area contributed by atoms with E-state index in [-0.39, 0.29) is 5.54 Å². The molecule has 1 aliphatic rings. The van der Waals surface area contributed by atoms with E-state index >= 15 is 0 Å². The van der Waals surface area contributed by atoms with Gasteiger partial charge in [0.05, 0.1) is 11.9 Å². The number of anilines is 1. The van der Waals surface area contributed by atoms with E-state index in [0.29, 0.717) is 5.75 Å². The number of para-hydroxylation sites is 1. The first-order valence-corrected chi connectivity index (χ1v) is 8.20. The Balaban J connectivity index is 0.000000141. The van der Waals surface area contributed by atoms with Gasteiger partial charge in [0.15, 0.2) is 0 Å². The minimum absolute atomic E-state index is 0.0815. The van der Waals surface area contributed by atoms with Crippen molar-refractivity contribution in [3.63, 3.8) is 0 Å². The number of fused-ring (bicyclic) bond motifs is 2. The highest BCUT2D eigenvalue weighted by Gasteiger charge is 2.23. The van der Waals surface area contributed by atoms with Crippen molar-refractivity contribution >= 4 is 22.9 Å². The highest BCUT2D eigenvalue weighted by Crippen LogP contribution is 2.32. The standard InChI is InChI=1S/C10H12N2.C10H11NO/c1-10(2)8-5-3-4-6-9(8)11-7-12-10;1-2-7-6-11-10-4-3-8(12)5-9(7)10/h3-7H,1-2H3,(H,11,12);3-6,11-12H,2H2,1H3. The van der Waals surface area contributed by atoms with Crippen LogP contribution >= 0.6 is 0 Å². The predicted molar refractivity (Wildman–Crippen MR) is 101 cm³/mol. The third kappa shape index (κ3) is 3.13. The van der Waals surface area contributed by atoms with Gasteiger partial charge in [0.25, 0.3) is 0 Å². The van der Waals surface area contributed by atoms with Gasteiger partial charge in [0.2, 0.25) is 0 Å². The van der Waals surface area contributed by atoms with Crippen LogP contribution in [0.25, 0.3) is 10.9 Å². The average molecular weight is 321 g/mol. The van der Waals surface area contributed by atoms with E-state index in [2.05, 4.69) is 48.2 Å². The second-order valence-corrected chi connectivity index (χ2v) is 6.40. The fourth-order valence-electron chi connectivity index (χ4n) is 2.93. The van der Waals surface area contributed by atoms with Crippen LogP contribution in [0.2, 0.25) is 0 Å². The number of phenols is 1. The molecule has 0 atom stereocenters. The zero-order valence-electron chi connectivity index (χ0n) is 14.3. The number of benzene rings is 2. The summed E-state index contributed by atoms with van der Waals surface area (Å²) in [6, 6.07) is 13.6. The van der Waals surface area contributed by atoms with Crippen LogP contribution in [0.15, 0.2) is 53.7 Å². The van der Waals surface area contributed by atoms with Crippen molar-refractivity contribution in [1.29, 1.82) is 0 Å². The van der Waals surface area contributed by atoms with Gasteiger partial charge in [-0.2, -0.15) is 0 Å². The Kier molecular flexibility index (Phi) is 4.30. The SMILES string of the molecule is CC1(C)N=CNc2ccccc21.CCc1c[nH]c2ccc(O)cc12. The van der Waals surface area contributed by atoms with Crippen molar-refractivity contribution in [2.24, 2.45) is 4.99 Å². The van der Waals surface area contributed by atoms with Gasteiger partial charge in [0, 0.05) is 28.4 Å². The van der Waals surface area contributed by atoms with Crippen molar-refractivity contribution in [2.45, 2.75) is 32.7 Å². The number of aliphatic imine (C=N–C) groups is 1. The smallest absolute Gasteiger partial charge is 0.116 e. The molecule has 4 nitrogen and oxygen atoms in total. The predicted octanol–water partition coefficient (Wildman–Crippen LogP) is 4.81. The average Bonchev–Trinajstić information content (AvgIpc) is 2.97. The van der Waals surface area contributed by atoms with Crippen LogP contribution in [0.3, 0.4) is 0 Å². The molecule has 4 rings (SSSR count). The number of aromatic hydroxyl groups is 1. The van der Waals surface area contributed by atoms with Gasteiger partial charge in [-0.25, -0.2) is 0 Å². The number of nitrogens with zero attached hydrogens (tertiary/aromatic N) is 1. The third-order valence-corrected chi connectivity index (χ3v) is 4.33. The van der Waals surface area contributed by atoms with Crippen molar-refractivity contribution in [2.75, 3.05) is 5.32 Å². The summed E-state index contributed by atoms with van der Waals surface area (Å²) in [5.41, 5.74) is 4.68. The molecule has 0 amide bonds. The zero-order chi connectivity index (χ0) is 17.2. The molecule has 0 saturated heterocycles. The molecule has 124 valence electrons. The third-order valence-electron chi connectivity index (χ3n) is 4.33. The van der Waals surface area contributed by atoms with Crippen LogP contribution in [0.4, 0.5) is 5.69 Å². The van der Waals surface area contributed by atoms with Gasteiger partial charge in [-0.3, -0.25) is 4.99 Å². The van der Waals surface area contributed by atoms with Gasteiger partial charge in [0.1, 0.15) is 5.75 Å². The summed E-state index contributed by atoms with van der Waals surface area (Å²) in [4.78, 5) is 7.52. The summed E-state index contributed by atoms with van der Waals surface area (Å²) in [6.45, 7) is 6.33. The number of nitrogens with one attached hydrogen (secondary N) is 2. The molecule has 1 aliphatic heterocycles. The quantitative estimate of drug-likeness (QED) is 0.602. The van der Waals surface area contributed by atoms with Crippen molar-refractivity contribution < 1.29 is 5.11 Å². The molecule has 0 saturated carbocycles. The number of H-pyrrole nitrogens is 1. The van der Waals surface area contributed by atoms with Crippen LogP contribution in [0.1, 0.15) is 31.9 Å². The molecular formula is C20H23N3O. The topological polar surface area (TPSA) is 60.4 Å². The number of aryl methyl sites for hydroxylation is 1. The van der Waals surface area contributed by atoms with E-state index < -0.39 is 0 Å². The molecule has 0 spiro atoms. The molecule has 0 aliphatic carbocycles. The van der Waals surface area contributed by atoms with Gasteiger partial charge in [-0.05, 0) is 50.1 Å². The summed E-state index contributed by atoms with van der Waals surface area (Å²) in [5, 5.41) is 13.5. The Morgan fingerprint density at radius 1 is 1.12 bits per heavy atom. The van der Waals surface area contributed by atoms with Crippen LogP contribution in [0, 0.1) is 0 Å². The number of hydrogen-bond donors (Lipinski definition) is 3. The number of hydrogen-bond acceptors (Lipinski definition) is 3. The van der Waals surface area contributed by atoms with E-state index in [4.69, 9.17) is 0 Å². The molecular weight excluding hydrogens is 298 g/mol. The second-order valence-electron chi connectivity index (χ2n) is 6.40. The molecule has 4 heteroatoms. The summed E-state index contributed by atoms with van der Waals surface area (Å²) in [5.74, 6) is 0.330. The summed E-state index contributed by atoms with van der Waals surface area (Å²) < 4.78 is 0. The second kappa shape index (κ2) is 6.40. The zero-order valence-corrected chi connectivity index (χ0v) is 14.3. The lowest BCUT2D eigenvalue weighted by molar-refractivity contribution is 0.476. The molecule has 0 fully saturated rings. The van der Waals surface area contributed by atoms with Gasteiger partial charge >= 0.3 is 0 Å². The van der Waals surface area contributed by atoms with E-state index in [9.17, 15) is 5.11 Å². The maximum absolute atomic E-state index is 9.25. The Morgan fingerprint density at radius 2 is 1.92 bits per heavy atom. The maximum atomic E-state index is 9.25. The number of phenolic OH excluding ortho intramolecular Hbond substituents is 1. The molecule has 0 radical (unpaired) electrons. The fraction of sp³-hybridized carbons (Fsp3) is 0.250. The minimum Gasteiger partial charge on any atom is -0.508 e. The van der Waals surface area contributed by atoms with Gasteiger partial charge in [-0.1, -0.05) is 25.1 Å². The molecule has 1 aromatic heterocycles. The van der Waals surface area contributed by atoms with E-state index in [1.165, 1.54) is 11.1 Å². The molecule has 2 aromatic carbocycles. The number of aromatic nitrogens is 1. The first-order valence-electron chi connectivity index (χ1n) is 8.20. The largest absolute Gasteiger partial charge is 0.508 e. The van der Waals surface area contributed by atoms with Crippen molar-refractivity contribution in [3.05, 3.63) is 59.8 Å². The Morgan fingerprint density at radius 3 is 2.67 bits per heavy atom. The van der Waals surface area contributed by atoms with Crippen molar-refractivity contribution in [1.82, 2.24) is 4.98 Å². The Hall–Kier alpha value is -2.75. The molecule has 3 N–H and O–H groups in total. The summed E-state index contributed by atoms with van der Waals surface area (Å²) in [6.07, 6.45) is 4.75. The van der Waals surface area contributed by atoms with Crippen molar-refractivity contribution in [3.8, 4) is 5.75 Å². The Labute approximate surface area is 142 Å². The fourth-order valence-corrected chi connectivity index (χ4v) is 2.93. The molecule has 24 heavy (non-hydrogen) atoms. The molecule has 3 aromatic rings. The van der Waals surface area contributed by atoms with Crippen LogP contribution in [0.5, 0.6) is 5.75 Å². The number of aromatic amines is 1. The lowest BCUT2D eigenvalue weighted by Crippen LogP contribution is -2.21.